The van der Waals surface area contributed by atoms with Crippen molar-refractivity contribution in [1.29, 1.82) is 0 Å². The maximum atomic E-state index is 4.13. The molecule has 1 N–H and O–H groups in total. The molecule has 15 heavy (non-hydrogen) atoms. The summed E-state index contributed by atoms with van der Waals surface area (Å²) < 4.78 is 0. The fraction of sp³-hybridized carbons (Fsp3) is 0.333. The lowest BCUT2D eigenvalue weighted by atomic mass is 9.99. The maximum absolute atomic E-state index is 4.13. The van der Waals surface area contributed by atoms with Crippen molar-refractivity contribution < 1.29 is 0 Å². The van der Waals surface area contributed by atoms with Gasteiger partial charge < -0.3 is 5.32 Å². The van der Waals surface area contributed by atoms with Gasteiger partial charge in [-0.1, -0.05) is 33.4 Å². The number of nitrogens with one attached hydrogen (secondary N) is 1. The third kappa shape index (κ3) is 3.94. The van der Waals surface area contributed by atoms with Crippen molar-refractivity contribution in [2.24, 2.45) is 15.6 Å². The summed E-state index contributed by atoms with van der Waals surface area (Å²) in [6, 6.07) is 0. The number of hydrogen-bond donors (Lipinski definition) is 1. The van der Waals surface area contributed by atoms with Crippen molar-refractivity contribution in [3.8, 4) is 0 Å². The van der Waals surface area contributed by atoms with Crippen LogP contribution >= 0.6 is 0 Å². The lowest BCUT2D eigenvalue weighted by Crippen LogP contribution is -2.07. The van der Waals surface area contributed by atoms with Crippen LogP contribution in [0, 0.1) is 5.41 Å². The Kier molecular flexibility index (Phi) is 3.61. The highest BCUT2D eigenvalue weighted by Gasteiger charge is 2.08. The van der Waals surface area contributed by atoms with E-state index in [1.54, 1.807) is 6.08 Å². The normalized spacial score (nSPS) is 21.5. The Morgan fingerprint density at radius 3 is 2.73 bits per heavy atom. The topological polar surface area (TPSA) is 36.8 Å². The third-order valence-corrected chi connectivity index (χ3v) is 1.65. The van der Waals surface area contributed by atoms with E-state index in [0.717, 1.165) is 11.4 Å². The zero-order chi connectivity index (χ0) is 11.3. The molecule has 0 fully saturated rings. The van der Waals surface area contributed by atoms with Crippen LogP contribution in [0.5, 0.6) is 0 Å². The Labute approximate surface area is 91.0 Å². The van der Waals surface area contributed by atoms with Gasteiger partial charge in [-0.15, -0.1) is 5.10 Å². The summed E-state index contributed by atoms with van der Waals surface area (Å²) in [4.78, 5) is 0. The van der Waals surface area contributed by atoms with Crippen molar-refractivity contribution in [3.63, 3.8) is 0 Å². The van der Waals surface area contributed by atoms with Gasteiger partial charge in [-0.2, -0.15) is 5.10 Å². The van der Waals surface area contributed by atoms with Crippen LogP contribution < -0.4 is 5.32 Å². The zero-order valence-corrected chi connectivity index (χ0v) is 9.49. The molecule has 0 aromatic heterocycles. The number of nitrogens with zero attached hydrogens (tertiary/aromatic N) is 2. The van der Waals surface area contributed by atoms with E-state index in [-0.39, 0.29) is 5.41 Å². The predicted octanol–water partition coefficient (Wildman–Crippen LogP) is 2.65. The molecular weight excluding hydrogens is 186 g/mol. The van der Waals surface area contributed by atoms with Gasteiger partial charge in [0.05, 0.1) is 5.70 Å². The van der Waals surface area contributed by atoms with E-state index in [1.165, 1.54) is 0 Å². The second-order valence-corrected chi connectivity index (χ2v) is 4.39. The van der Waals surface area contributed by atoms with Gasteiger partial charge in [0.1, 0.15) is 5.71 Å². The highest BCUT2D eigenvalue weighted by atomic mass is 15.2. The molecule has 0 unspecified atom stereocenters. The Balaban J connectivity index is 2.75. The molecule has 0 bridgehead atoms. The van der Waals surface area contributed by atoms with E-state index >= 15 is 0 Å². The Morgan fingerprint density at radius 1 is 1.40 bits per heavy atom. The highest BCUT2D eigenvalue weighted by Crippen LogP contribution is 2.09. The first-order valence-corrected chi connectivity index (χ1v) is 4.91. The van der Waals surface area contributed by atoms with Crippen molar-refractivity contribution in [2.75, 3.05) is 0 Å². The van der Waals surface area contributed by atoms with Gasteiger partial charge >= 0.3 is 0 Å². The minimum Gasteiger partial charge on any atom is -0.360 e. The van der Waals surface area contributed by atoms with E-state index in [1.807, 2.05) is 24.6 Å². The van der Waals surface area contributed by atoms with Gasteiger partial charge in [0.25, 0.3) is 0 Å². The summed E-state index contributed by atoms with van der Waals surface area (Å²) in [6.07, 6.45) is 9.14. The third-order valence-electron chi connectivity index (χ3n) is 1.65. The van der Waals surface area contributed by atoms with E-state index in [2.05, 4.69) is 42.9 Å². The molecule has 1 aliphatic rings. The van der Waals surface area contributed by atoms with E-state index < -0.39 is 0 Å². The minimum atomic E-state index is 0.0577. The quantitative estimate of drug-likeness (QED) is 0.543. The smallest absolute Gasteiger partial charge is 0.111 e. The highest BCUT2D eigenvalue weighted by molar-refractivity contribution is 6.10. The van der Waals surface area contributed by atoms with Crippen LogP contribution in [0.25, 0.3) is 0 Å². The number of hydrogen-bond acceptors (Lipinski definition) is 3. The summed E-state index contributed by atoms with van der Waals surface area (Å²) in [5, 5.41) is 11.2. The van der Waals surface area contributed by atoms with Crippen LogP contribution in [0.15, 0.2) is 46.9 Å². The first-order chi connectivity index (χ1) is 7.03. The molecule has 0 spiro atoms. The summed E-state index contributed by atoms with van der Waals surface area (Å²) in [5.41, 5.74) is 1.81. The summed E-state index contributed by atoms with van der Waals surface area (Å²) in [7, 11) is 0. The molecule has 1 aliphatic heterocycles. The molecule has 3 nitrogen and oxygen atoms in total. The van der Waals surface area contributed by atoms with E-state index in [9.17, 15) is 0 Å². The summed E-state index contributed by atoms with van der Waals surface area (Å²) in [5.74, 6) is 0. The maximum Gasteiger partial charge on any atom is 0.111 e. The lowest BCUT2D eigenvalue weighted by Gasteiger charge is -2.08. The van der Waals surface area contributed by atoms with Gasteiger partial charge in [0.15, 0.2) is 0 Å². The average molecular weight is 203 g/mol. The van der Waals surface area contributed by atoms with E-state index in [4.69, 9.17) is 0 Å². The molecule has 0 radical (unpaired) electrons. The molecule has 0 saturated heterocycles. The van der Waals surface area contributed by atoms with Gasteiger partial charge in [0.2, 0.25) is 0 Å². The Morgan fingerprint density at radius 2 is 2.13 bits per heavy atom. The zero-order valence-electron chi connectivity index (χ0n) is 9.49. The first kappa shape index (κ1) is 11.4. The fourth-order valence-electron chi connectivity index (χ4n) is 0.977. The van der Waals surface area contributed by atoms with Crippen molar-refractivity contribution in [1.82, 2.24) is 5.32 Å². The molecule has 0 aromatic carbocycles. The van der Waals surface area contributed by atoms with Crippen LogP contribution in [-0.4, -0.2) is 11.9 Å². The molecule has 3 heteroatoms. The Hall–Kier alpha value is -1.64. The molecule has 80 valence electrons. The number of rotatable bonds is 2. The molecular formula is C12H17N3. The second kappa shape index (κ2) is 4.73. The van der Waals surface area contributed by atoms with Gasteiger partial charge in [-0.05, 0) is 17.6 Å². The van der Waals surface area contributed by atoms with Crippen molar-refractivity contribution in [3.05, 3.63) is 36.7 Å². The molecule has 0 amide bonds. The first-order valence-electron chi connectivity index (χ1n) is 4.91. The molecule has 0 aliphatic carbocycles. The van der Waals surface area contributed by atoms with Crippen molar-refractivity contribution >= 4 is 11.9 Å². The van der Waals surface area contributed by atoms with Gasteiger partial charge in [-0.3, -0.25) is 0 Å². The molecule has 1 heterocycles. The molecule has 0 saturated carbocycles. The average Bonchev–Trinajstić information content (AvgIpc) is 2.51. The fourth-order valence-corrected chi connectivity index (χ4v) is 0.977. The summed E-state index contributed by atoms with van der Waals surface area (Å²) >= 11 is 0. The van der Waals surface area contributed by atoms with E-state index in [0.29, 0.717) is 0 Å². The van der Waals surface area contributed by atoms with Crippen LogP contribution in [0.4, 0.5) is 0 Å². The van der Waals surface area contributed by atoms with Crippen LogP contribution in [0.1, 0.15) is 20.8 Å². The SMILES string of the molecule is C=C/C=C1/NC=C/C1=N/N=C/C(C)(C)C. The number of allylic oxidation sites excluding steroid dienone is 3. The van der Waals surface area contributed by atoms with Gasteiger partial charge in [-0.25, -0.2) is 0 Å². The largest absolute Gasteiger partial charge is 0.360 e. The standard InChI is InChI=1S/C12H17N3/c1-5-6-10-11(7-8-13-10)15-14-9-12(2,3)4/h5-9,13H,1H2,2-4H3/b10-6+,14-9+,15-11-. The molecule has 1 rings (SSSR count). The van der Waals surface area contributed by atoms with Crippen LogP contribution in [0.3, 0.4) is 0 Å². The van der Waals surface area contributed by atoms with Crippen LogP contribution in [-0.2, 0) is 0 Å². The van der Waals surface area contributed by atoms with Crippen molar-refractivity contribution in [2.45, 2.75) is 20.8 Å². The Bertz CT molecular complexity index is 352. The molecule has 0 atom stereocenters. The summed E-state index contributed by atoms with van der Waals surface area (Å²) in [6.45, 7) is 9.89. The minimum absolute atomic E-state index is 0.0577. The second-order valence-electron chi connectivity index (χ2n) is 4.39. The van der Waals surface area contributed by atoms with Crippen LogP contribution in [0.2, 0.25) is 0 Å². The monoisotopic (exact) mass is 203 g/mol. The predicted molar refractivity (Wildman–Crippen MR) is 65.9 cm³/mol. The molecule has 0 aromatic rings. The lowest BCUT2D eigenvalue weighted by molar-refractivity contribution is 0.605. The van der Waals surface area contributed by atoms with Gasteiger partial charge in [0, 0.05) is 12.4 Å².